The number of benzene rings is 2. The summed E-state index contributed by atoms with van der Waals surface area (Å²) in [5.41, 5.74) is 2.28. The molecule has 0 aliphatic carbocycles. The maximum atomic E-state index is 13.1. The molecule has 1 N–H and O–H groups in total. The molecule has 26 heavy (non-hydrogen) atoms. The lowest BCUT2D eigenvalue weighted by molar-refractivity contribution is -0.114. The second-order valence-electron chi connectivity index (χ2n) is 6.28. The van der Waals surface area contributed by atoms with Crippen LogP contribution < -0.4 is 9.62 Å². The van der Waals surface area contributed by atoms with Crippen molar-refractivity contribution in [2.45, 2.75) is 31.6 Å². The Morgan fingerprint density at radius 3 is 2.15 bits per heavy atom. The van der Waals surface area contributed by atoms with E-state index in [1.54, 1.807) is 18.2 Å². The van der Waals surface area contributed by atoms with Gasteiger partial charge in [0.25, 0.3) is 10.0 Å². The Morgan fingerprint density at radius 2 is 1.69 bits per heavy atom. The summed E-state index contributed by atoms with van der Waals surface area (Å²) in [6.45, 7) is 9.41. The summed E-state index contributed by atoms with van der Waals surface area (Å²) in [5.74, 6) is 0.161. The van der Waals surface area contributed by atoms with Crippen molar-refractivity contribution in [2.75, 3.05) is 16.2 Å². The van der Waals surface area contributed by atoms with Gasteiger partial charge >= 0.3 is 0 Å². The number of carbonyl (C=O) groups excluding carboxylic acids is 1. The van der Waals surface area contributed by atoms with Crippen molar-refractivity contribution in [1.82, 2.24) is 0 Å². The molecule has 0 saturated heterocycles. The fourth-order valence-corrected chi connectivity index (χ4v) is 3.96. The highest BCUT2D eigenvalue weighted by Crippen LogP contribution is 2.26. The number of nitrogens with zero attached hydrogens (tertiary/aromatic N) is 1. The highest BCUT2D eigenvalue weighted by molar-refractivity contribution is 7.92. The number of sulfonamides is 1. The molecule has 2 aromatic carbocycles. The first-order chi connectivity index (χ1) is 12.3. The predicted molar refractivity (Wildman–Crippen MR) is 106 cm³/mol. The van der Waals surface area contributed by atoms with Crippen LogP contribution >= 0.6 is 0 Å². The third-order valence-corrected chi connectivity index (χ3v) is 5.71. The molecule has 0 unspecified atom stereocenters. The first-order valence-corrected chi connectivity index (χ1v) is 9.81. The van der Waals surface area contributed by atoms with Gasteiger partial charge in [-0.3, -0.25) is 9.10 Å². The van der Waals surface area contributed by atoms with E-state index in [0.29, 0.717) is 17.3 Å². The van der Waals surface area contributed by atoms with E-state index in [9.17, 15) is 13.2 Å². The van der Waals surface area contributed by atoms with Crippen molar-refractivity contribution in [3.63, 3.8) is 0 Å². The molecule has 6 heteroatoms. The van der Waals surface area contributed by atoms with E-state index >= 15 is 0 Å². The minimum atomic E-state index is -3.75. The van der Waals surface area contributed by atoms with Gasteiger partial charge < -0.3 is 5.32 Å². The lowest BCUT2D eigenvalue weighted by Crippen LogP contribution is -2.31. The van der Waals surface area contributed by atoms with Crippen molar-refractivity contribution in [1.29, 1.82) is 0 Å². The molecule has 5 nitrogen and oxygen atoms in total. The van der Waals surface area contributed by atoms with E-state index in [1.165, 1.54) is 23.4 Å². The van der Waals surface area contributed by atoms with Crippen LogP contribution in [-0.4, -0.2) is 20.9 Å². The monoisotopic (exact) mass is 372 g/mol. The van der Waals surface area contributed by atoms with E-state index in [4.69, 9.17) is 0 Å². The van der Waals surface area contributed by atoms with E-state index in [1.807, 2.05) is 24.3 Å². The van der Waals surface area contributed by atoms with Gasteiger partial charge in [-0.05, 0) is 47.9 Å². The molecule has 0 aromatic heterocycles. The van der Waals surface area contributed by atoms with E-state index in [2.05, 4.69) is 25.7 Å². The lowest BCUT2D eigenvalue weighted by Gasteiger charge is -2.23. The first-order valence-electron chi connectivity index (χ1n) is 8.37. The van der Waals surface area contributed by atoms with Crippen LogP contribution in [-0.2, 0) is 14.8 Å². The van der Waals surface area contributed by atoms with Crippen molar-refractivity contribution in [3.05, 3.63) is 66.7 Å². The average molecular weight is 372 g/mol. The van der Waals surface area contributed by atoms with E-state index in [0.717, 1.165) is 5.56 Å². The molecule has 0 saturated carbocycles. The highest BCUT2D eigenvalue weighted by Gasteiger charge is 2.24. The summed E-state index contributed by atoms with van der Waals surface area (Å²) in [5, 5.41) is 2.62. The van der Waals surface area contributed by atoms with Crippen LogP contribution in [0.4, 0.5) is 11.4 Å². The quantitative estimate of drug-likeness (QED) is 0.743. The zero-order valence-corrected chi connectivity index (χ0v) is 16.1. The molecule has 0 aliphatic heterocycles. The van der Waals surface area contributed by atoms with Crippen LogP contribution in [0.15, 0.2) is 66.1 Å². The molecular formula is C20H24N2O3S. The van der Waals surface area contributed by atoms with Gasteiger partial charge in [0.05, 0.1) is 17.1 Å². The molecule has 0 bridgehead atoms. The molecule has 2 aromatic rings. The van der Waals surface area contributed by atoms with Gasteiger partial charge in [-0.2, -0.15) is 0 Å². The van der Waals surface area contributed by atoms with Crippen LogP contribution in [0.1, 0.15) is 32.3 Å². The normalized spacial score (nSPS) is 11.2. The summed E-state index contributed by atoms with van der Waals surface area (Å²) in [6, 6.07) is 13.6. The summed E-state index contributed by atoms with van der Waals surface area (Å²) in [4.78, 5) is 11.3. The number of rotatable bonds is 7. The Bertz CT molecular complexity index is 870. The third kappa shape index (κ3) is 4.52. The smallest absolute Gasteiger partial charge is 0.264 e. The van der Waals surface area contributed by atoms with Crippen LogP contribution in [0.3, 0.4) is 0 Å². The fraction of sp³-hybridized carbons (Fsp3) is 0.250. The number of amides is 1. The molecule has 2 rings (SSSR count). The van der Waals surface area contributed by atoms with Crippen LogP contribution in [0.25, 0.3) is 0 Å². The first kappa shape index (κ1) is 19.7. The topological polar surface area (TPSA) is 66.5 Å². The predicted octanol–water partition coefficient (Wildman–Crippen LogP) is 4.15. The van der Waals surface area contributed by atoms with Gasteiger partial charge in [-0.25, -0.2) is 8.42 Å². The number of hydrogen-bond acceptors (Lipinski definition) is 3. The van der Waals surface area contributed by atoms with Crippen molar-refractivity contribution >= 4 is 27.3 Å². The number of anilines is 2. The standard InChI is InChI=1S/C20H24N2O3S/c1-5-14-22(19-10-6-17(7-11-19)15(2)3)26(24,25)20-12-8-18(9-13-20)21-16(4)23/h5-13,15H,1,14H2,2-4H3,(H,21,23). The van der Waals surface area contributed by atoms with Gasteiger partial charge in [0, 0.05) is 12.6 Å². The highest BCUT2D eigenvalue weighted by atomic mass is 32.2. The van der Waals surface area contributed by atoms with Crippen LogP contribution in [0, 0.1) is 0 Å². The molecule has 0 heterocycles. The minimum absolute atomic E-state index is 0.154. The fourth-order valence-electron chi connectivity index (χ4n) is 2.53. The lowest BCUT2D eigenvalue weighted by atomic mass is 10.0. The van der Waals surface area contributed by atoms with Gasteiger partial charge in [0.15, 0.2) is 0 Å². The Balaban J connectivity index is 2.37. The Kier molecular flexibility index (Phi) is 6.21. The minimum Gasteiger partial charge on any atom is -0.326 e. The molecule has 1 amide bonds. The van der Waals surface area contributed by atoms with Gasteiger partial charge in [0.2, 0.25) is 5.91 Å². The van der Waals surface area contributed by atoms with Crippen LogP contribution in [0.2, 0.25) is 0 Å². The third-order valence-electron chi connectivity index (χ3n) is 3.91. The van der Waals surface area contributed by atoms with E-state index in [-0.39, 0.29) is 17.3 Å². The van der Waals surface area contributed by atoms with Crippen molar-refractivity contribution in [3.8, 4) is 0 Å². The van der Waals surface area contributed by atoms with Gasteiger partial charge in [-0.1, -0.05) is 32.1 Å². The molecular weight excluding hydrogens is 348 g/mol. The van der Waals surface area contributed by atoms with Gasteiger partial charge in [0.1, 0.15) is 0 Å². The zero-order valence-electron chi connectivity index (χ0n) is 15.3. The SMILES string of the molecule is C=CCN(c1ccc(C(C)C)cc1)S(=O)(=O)c1ccc(NC(C)=O)cc1. The summed E-state index contributed by atoms with van der Waals surface area (Å²) < 4.78 is 27.4. The summed E-state index contributed by atoms with van der Waals surface area (Å²) >= 11 is 0. The Morgan fingerprint density at radius 1 is 1.12 bits per heavy atom. The van der Waals surface area contributed by atoms with Crippen molar-refractivity contribution < 1.29 is 13.2 Å². The molecule has 138 valence electrons. The zero-order chi connectivity index (χ0) is 19.3. The number of nitrogens with one attached hydrogen (secondary N) is 1. The molecule has 0 radical (unpaired) electrons. The second kappa shape index (κ2) is 8.19. The second-order valence-corrected chi connectivity index (χ2v) is 8.14. The number of hydrogen-bond donors (Lipinski definition) is 1. The van der Waals surface area contributed by atoms with E-state index < -0.39 is 10.0 Å². The van der Waals surface area contributed by atoms with Crippen LogP contribution in [0.5, 0.6) is 0 Å². The average Bonchev–Trinajstić information content (AvgIpc) is 2.59. The van der Waals surface area contributed by atoms with Gasteiger partial charge in [-0.15, -0.1) is 6.58 Å². The summed E-state index contributed by atoms with van der Waals surface area (Å²) in [7, 11) is -3.75. The Labute approximate surface area is 155 Å². The molecule has 0 fully saturated rings. The number of carbonyl (C=O) groups is 1. The summed E-state index contributed by atoms with van der Waals surface area (Å²) in [6.07, 6.45) is 1.56. The molecule has 0 spiro atoms. The van der Waals surface area contributed by atoms with Crippen molar-refractivity contribution in [2.24, 2.45) is 0 Å². The molecule has 0 aliphatic rings. The molecule has 0 atom stereocenters. The maximum Gasteiger partial charge on any atom is 0.264 e. The maximum absolute atomic E-state index is 13.1. The Hall–Kier alpha value is -2.60. The largest absolute Gasteiger partial charge is 0.326 e.